The van der Waals surface area contributed by atoms with Crippen LogP contribution < -0.4 is 10.6 Å². The van der Waals surface area contributed by atoms with Gasteiger partial charge in [-0.05, 0) is 36.6 Å². The van der Waals surface area contributed by atoms with Crippen molar-refractivity contribution in [3.05, 3.63) is 52.1 Å². The van der Waals surface area contributed by atoms with Crippen LogP contribution in [0.25, 0.3) is 0 Å². The minimum Gasteiger partial charge on any atom is -0.397 e. The SMILES string of the molecule is Cc1cc(N(C)CCc2ccccc2Br)ncc1N. The minimum atomic E-state index is 0.739. The monoisotopic (exact) mass is 319 g/mol. The van der Waals surface area contributed by atoms with Crippen molar-refractivity contribution in [2.75, 3.05) is 24.2 Å². The van der Waals surface area contributed by atoms with Gasteiger partial charge in [-0.25, -0.2) is 4.98 Å². The number of aromatic nitrogens is 1. The van der Waals surface area contributed by atoms with Gasteiger partial charge in [-0.1, -0.05) is 34.1 Å². The van der Waals surface area contributed by atoms with Crippen LogP contribution in [0.2, 0.25) is 0 Å². The fourth-order valence-electron chi connectivity index (χ4n) is 1.86. The number of likely N-dealkylation sites (N-methyl/N-ethyl adjacent to an activating group) is 1. The molecule has 2 aromatic rings. The summed E-state index contributed by atoms with van der Waals surface area (Å²) in [6.45, 7) is 2.92. The first-order chi connectivity index (χ1) is 9.08. The summed E-state index contributed by atoms with van der Waals surface area (Å²) in [6, 6.07) is 10.3. The molecule has 1 aromatic heterocycles. The van der Waals surface area contributed by atoms with Crippen LogP contribution in [-0.2, 0) is 6.42 Å². The van der Waals surface area contributed by atoms with Crippen molar-refractivity contribution in [1.29, 1.82) is 0 Å². The van der Waals surface area contributed by atoms with Crippen molar-refractivity contribution in [3.8, 4) is 0 Å². The summed E-state index contributed by atoms with van der Waals surface area (Å²) >= 11 is 3.57. The summed E-state index contributed by atoms with van der Waals surface area (Å²) in [6.07, 6.45) is 2.70. The Morgan fingerprint density at radius 3 is 2.74 bits per heavy atom. The van der Waals surface area contributed by atoms with Crippen molar-refractivity contribution in [2.45, 2.75) is 13.3 Å². The van der Waals surface area contributed by atoms with E-state index in [1.54, 1.807) is 6.20 Å². The predicted octanol–water partition coefficient (Wildman–Crippen LogP) is 3.41. The maximum atomic E-state index is 5.79. The Morgan fingerprint density at radius 1 is 1.32 bits per heavy atom. The number of rotatable bonds is 4. The van der Waals surface area contributed by atoms with Crippen molar-refractivity contribution in [1.82, 2.24) is 4.98 Å². The average Bonchev–Trinajstić information content (AvgIpc) is 2.40. The molecule has 1 aromatic carbocycles. The molecule has 0 radical (unpaired) electrons. The zero-order chi connectivity index (χ0) is 13.8. The number of hydrogen-bond acceptors (Lipinski definition) is 3. The Balaban J connectivity index is 2.03. The maximum absolute atomic E-state index is 5.79. The average molecular weight is 320 g/mol. The molecule has 0 aliphatic heterocycles. The molecule has 1 heterocycles. The molecule has 0 fully saturated rings. The lowest BCUT2D eigenvalue weighted by atomic mass is 10.1. The van der Waals surface area contributed by atoms with Crippen LogP contribution in [0.15, 0.2) is 41.0 Å². The number of hydrogen-bond donors (Lipinski definition) is 1. The van der Waals surface area contributed by atoms with E-state index < -0.39 is 0 Å². The summed E-state index contributed by atoms with van der Waals surface area (Å²) in [7, 11) is 2.05. The summed E-state index contributed by atoms with van der Waals surface area (Å²) in [4.78, 5) is 6.51. The van der Waals surface area contributed by atoms with Gasteiger partial charge < -0.3 is 10.6 Å². The van der Waals surface area contributed by atoms with Crippen molar-refractivity contribution in [3.63, 3.8) is 0 Å². The number of pyridine rings is 1. The first kappa shape index (κ1) is 13.9. The van der Waals surface area contributed by atoms with Gasteiger partial charge in [-0.2, -0.15) is 0 Å². The number of benzene rings is 1. The Kier molecular flexibility index (Phi) is 4.43. The molecule has 0 unspecified atom stereocenters. The molecular formula is C15H18BrN3. The fourth-order valence-corrected chi connectivity index (χ4v) is 2.35. The van der Waals surface area contributed by atoms with E-state index >= 15 is 0 Å². The second kappa shape index (κ2) is 6.06. The molecule has 0 saturated carbocycles. The van der Waals surface area contributed by atoms with Crippen LogP contribution >= 0.6 is 15.9 Å². The highest BCUT2D eigenvalue weighted by atomic mass is 79.9. The van der Waals surface area contributed by atoms with Gasteiger partial charge in [0.2, 0.25) is 0 Å². The third-order valence-corrected chi connectivity index (χ3v) is 3.98. The Labute approximate surface area is 122 Å². The van der Waals surface area contributed by atoms with Crippen molar-refractivity contribution in [2.24, 2.45) is 0 Å². The zero-order valence-corrected chi connectivity index (χ0v) is 12.8. The molecule has 0 amide bonds. The third-order valence-electron chi connectivity index (χ3n) is 3.20. The molecule has 3 nitrogen and oxygen atoms in total. The fraction of sp³-hybridized carbons (Fsp3) is 0.267. The van der Waals surface area contributed by atoms with Gasteiger partial charge in [0.15, 0.2) is 0 Å². The number of nitrogens with zero attached hydrogens (tertiary/aromatic N) is 2. The van der Waals surface area contributed by atoms with Gasteiger partial charge >= 0.3 is 0 Å². The van der Waals surface area contributed by atoms with Crippen LogP contribution in [0.5, 0.6) is 0 Å². The molecule has 19 heavy (non-hydrogen) atoms. The molecule has 0 aliphatic carbocycles. The Bertz CT molecular complexity index is 569. The van der Waals surface area contributed by atoms with Gasteiger partial charge in [0.1, 0.15) is 5.82 Å². The molecule has 0 bridgehead atoms. The number of anilines is 2. The van der Waals surface area contributed by atoms with E-state index in [-0.39, 0.29) is 0 Å². The first-order valence-electron chi connectivity index (χ1n) is 6.24. The van der Waals surface area contributed by atoms with E-state index in [1.165, 1.54) is 5.56 Å². The van der Waals surface area contributed by atoms with Crippen molar-refractivity contribution >= 4 is 27.4 Å². The maximum Gasteiger partial charge on any atom is 0.128 e. The summed E-state index contributed by atoms with van der Waals surface area (Å²) in [5.74, 6) is 0.957. The zero-order valence-electron chi connectivity index (χ0n) is 11.2. The summed E-state index contributed by atoms with van der Waals surface area (Å²) < 4.78 is 1.16. The summed E-state index contributed by atoms with van der Waals surface area (Å²) in [5, 5.41) is 0. The Hall–Kier alpha value is -1.55. The highest BCUT2D eigenvalue weighted by Crippen LogP contribution is 2.19. The van der Waals surface area contributed by atoms with Crippen LogP contribution in [0.1, 0.15) is 11.1 Å². The Morgan fingerprint density at radius 2 is 2.05 bits per heavy atom. The number of nitrogen functional groups attached to an aromatic ring is 1. The smallest absolute Gasteiger partial charge is 0.128 e. The van der Waals surface area contributed by atoms with E-state index in [0.29, 0.717) is 0 Å². The lowest BCUT2D eigenvalue weighted by molar-refractivity contribution is 0.857. The lowest BCUT2D eigenvalue weighted by Gasteiger charge is -2.19. The van der Waals surface area contributed by atoms with E-state index in [4.69, 9.17) is 5.73 Å². The van der Waals surface area contributed by atoms with Crippen LogP contribution in [0.3, 0.4) is 0 Å². The van der Waals surface area contributed by atoms with Gasteiger partial charge in [-0.15, -0.1) is 0 Å². The van der Waals surface area contributed by atoms with Crippen LogP contribution in [-0.4, -0.2) is 18.6 Å². The molecule has 4 heteroatoms. The molecule has 2 rings (SSSR count). The lowest BCUT2D eigenvalue weighted by Crippen LogP contribution is -2.21. The standard InChI is InChI=1S/C15H18BrN3/c1-11-9-15(18-10-14(11)17)19(2)8-7-12-5-3-4-6-13(12)16/h3-6,9-10H,7-8,17H2,1-2H3. The molecule has 0 aliphatic rings. The van der Waals surface area contributed by atoms with Gasteiger partial charge in [-0.3, -0.25) is 0 Å². The second-order valence-electron chi connectivity index (χ2n) is 4.66. The van der Waals surface area contributed by atoms with E-state index in [2.05, 4.69) is 51.1 Å². The number of halogens is 1. The second-order valence-corrected chi connectivity index (χ2v) is 5.52. The molecule has 100 valence electrons. The number of nitrogens with two attached hydrogens (primary N) is 1. The van der Waals surface area contributed by atoms with E-state index in [1.807, 2.05) is 19.1 Å². The van der Waals surface area contributed by atoms with Gasteiger partial charge in [0.25, 0.3) is 0 Å². The highest BCUT2D eigenvalue weighted by molar-refractivity contribution is 9.10. The van der Waals surface area contributed by atoms with E-state index in [0.717, 1.165) is 34.5 Å². The van der Waals surface area contributed by atoms with Gasteiger partial charge in [0, 0.05) is 18.1 Å². The molecule has 2 N–H and O–H groups in total. The molecule has 0 saturated heterocycles. The van der Waals surface area contributed by atoms with Crippen LogP contribution in [0, 0.1) is 6.92 Å². The largest absolute Gasteiger partial charge is 0.397 e. The number of aryl methyl sites for hydroxylation is 1. The molecule has 0 atom stereocenters. The molecular weight excluding hydrogens is 302 g/mol. The predicted molar refractivity (Wildman–Crippen MR) is 84.5 cm³/mol. The topological polar surface area (TPSA) is 42.2 Å². The quantitative estimate of drug-likeness (QED) is 0.939. The third kappa shape index (κ3) is 3.47. The highest BCUT2D eigenvalue weighted by Gasteiger charge is 2.06. The van der Waals surface area contributed by atoms with E-state index in [9.17, 15) is 0 Å². The molecule has 0 spiro atoms. The summed E-state index contributed by atoms with van der Waals surface area (Å²) in [5.41, 5.74) is 8.90. The van der Waals surface area contributed by atoms with Gasteiger partial charge in [0.05, 0.1) is 11.9 Å². The first-order valence-corrected chi connectivity index (χ1v) is 7.04. The van der Waals surface area contributed by atoms with Crippen LogP contribution in [0.4, 0.5) is 11.5 Å². The van der Waals surface area contributed by atoms with Crippen molar-refractivity contribution < 1.29 is 0 Å². The normalized spacial score (nSPS) is 10.5. The minimum absolute atomic E-state index is 0.739.